The summed E-state index contributed by atoms with van der Waals surface area (Å²) in [7, 11) is 0. The number of unbranched alkanes of at least 4 members (excludes halogenated alkanes) is 2. The monoisotopic (exact) mass is 324 g/mol. The van der Waals surface area contributed by atoms with Crippen LogP contribution in [0.1, 0.15) is 48.5 Å². The first-order chi connectivity index (χ1) is 11.6. The van der Waals surface area contributed by atoms with Crippen molar-refractivity contribution in [2.75, 3.05) is 10.6 Å². The third-order valence-corrected chi connectivity index (χ3v) is 3.71. The highest BCUT2D eigenvalue weighted by atomic mass is 16.2. The fraction of sp³-hybridized carbons (Fsp3) is 0.300. The van der Waals surface area contributed by atoms with Crippen LogP contribution in [0.15, 0.2) is 48.5 Å². The first-order valence-corrected chi connectivity index (χ1v) is 8.36. The molecule has 2 aromatic carbocycles. The van der Waals surface area contributed by atoms with E-state index in [0.29, 0.717) is 17.7 Å². The summed E-state index contributed by atoms with van der Waals surface area (Å²) in [4.78, 5) is 24.0. The minimum atomic E-state index is -0.143. The summed E-state index contributed by atoms with van der Waals surface area (Å²) >= 11 is 0. The van der Waals surface area contributed by atoms with Gasteiger partial charge in [-0.15, -0.1) is 0 Å². The highest BCUT2D eigenvalue weighted by Gasteiger charge is 2.06. The number of aryl methyl sites for hydroxylation is 1. The fourth-order valence-corrected chi connectivity index (χ4v) is 2.39. The molecular weight excluding hydrogens is 300 g/mol. The van der Waals surface area contributed by atoms with E-state index in [0.717, 1.165) is 30.5 Å². The zero-order chi connectivity index (χ0) is 17.4. The number of anilines is 2. The van der Waals surface area contributed by atoms with Crippen molar-refractivity contribution in [2.24, 2.45) is 0 Å². The van der Waals surface area contributed by atoms with Crippen LogP contribution in [0.3, 0.4) is 0 Å². The van der Waals surface area contributed by atoms with Gasteiger partial charge in [-0.2, -0.15) is 0 Å². The lowest BCUT2D eigenvalue weighted by atomic mass is 10.1. The normalized spacial score (nSPS) is 10.2. The molecule has 0 heterocycles. The summed E-state index contributed by atoms with van der Waals surface area (Å²) in [5.74, 6) is -0.116. The van der Waals surface area contributed by atoms with Gasteiger partial charge in [0.25, 0.3) is 5.91 Å². The maximum absolute atomic E-state index is 12.2. The van der Waals surface area contributed by atoms with E-state index in [-0.39, 0.29) is 11.8 Å². The predicted molar refractivity (Wildman–Crippen MR) is 98.3 cm³/mol. The lowest BCUT2D eigenvalue weighted by Crippen LogP contribution is -2.13. The second-order valence-electron chi connectivity index (χ2n) is 5.91. The van der Waals surface area contributed by atoms with Gasteiger partial charge in [-0.25, -0.2) is 0 Å². The van der Waals surface area contributed by atoms with Crippen LogP contribution >= 0.6 is 0 Å². The number of nitrogens with one attached hydrogen (secondary N) is 2. The Bertz CT molecular complexity index is 693. The van der Waals surface area contributed by atoms with Crippen LogP contribution in [0.25, 0.3) is 0 Å². The number of hydrogen-bond acceptors (Lipinski definition) is 2. The molecule has 0 atom stereocenters. The standard InChI is InChI=1S/C20H24N2O2/c1-3-4-5-9-19(23)21-17-10-12-18(13-11-17)22-20(24)16-8-6-7-15(2)14-16/h6-8,10-14H,3-5,9H2,1-2H3,(H,21,23)(H,22,24). The number of amides is 2. The van der Waals surface area contributed by atoms with E-state index in [1.54, 1.807) is 30.3 Å². The molecule has 4 heteroatoms. The first kappa shape index (κ1) is 17.7. The van der Waals surface area contributed by atoms with Crippen LogP contribution in [-0.4, -0.2) is 11.8 Å². The van der Waals surface area contributed by atoms with Gasteiger partial charge in [0.2, 0.25) is 5.91 Å². The van der Waals surface area contributed by atoms with Crippen molar-refractivity contribution in [1.29, 1.82) is 0 Å². The van der Waals surface area contributed by atoms with Gasteiger partial charge in [-0.3, -0.25) is 9.59 Å². The Morgan fingerprint density at radius 1 is 0.917 bits per heavy atom. The summed E-state index contributed by atoms with van der Waals surface area (Å²) in [6.45, 7) is 4.07. The largest absolute Gasteiger partial charge is 0.326 e. The molecule has 0 saturated heterocycles. The molecule has 2 aromatic rings. The lowest BCUT2D eigenvalue weighted by molar-refractivity contribution is -0.116. The van der Waals surface area contributed by atoms with Crippen LogP contribution in [-0.2, 0) is 4.79 Å². The van der Waals surface area contributed by atoms with Crippen molar-refractivity contribution in [3.05, 3.63) is 59.7 Å². The van der Waals surface area contributed by atoms with Gasteiger partial charge < -0.3 is 10.6 Å². The minimum absolute atomic E-state index is 0.0278. The van der Waals surface area contributed by atoms with Crippen molar-refractivity contribution in [3.8, 4) is 0 Å². The van der Waals surface area contributed by atoms with E-state index >= 15 is 0 Å². The van der Waals surface area contributed by atoms with Gasteiger partial charge in [0, 0.05) is 23.4 Å². The highest BCUT2D eigenvalue weighted by Crippen LogP contribution is 2.15. The van der Waals surface area contributed by atoms with Crippen LogP contribution < -0.4 is 10.6 Å². The Morgan fingerprint density at radius 2 is 1.58 bits per heavy atom. The molecule has 0 bridgehead atoms. The summed E-state index contributed by atoms with van der Waals surface area (Å²) in [6, 6.07) is 14.6. The molecule has 0 aliphatic heterocycles. The van der Waals surface area contributed by atoms with Crippen molar-refractivity contribution in [2.45, 2.75) is 39.5 Å². The molecule has 0 radical (unpaired) electrons. The number of rotatable bonds is 7. The predicted octanol–water partition coefficient (Wildman–Crippen LogP) is 4.77. The lowest BCUT2D eigenvalue weighted by Gasteiger charge is -2.08. The maximum Gasteiger partial charge on any atom is 0.255 e. The topological polar surface area (TPSA) is 58.2 Å². The quantitative estimate of drug-likeness (QED) is 0.721. The van der Waals surface area contributed by atoms with Crippen LogP contribution in [0, 0.1) is 6.92 Å². The molecule has 4 nitrogen and oxygen atoms in total. The molecule has 0 aliphatic rings. The van der Waals surface area contributed by atoms with Gasteiger partial charge >= 0.3 is 0 Å². The molecule has 2 rings (SSSR count). The minimum Gasteiger partial charge on any atom is -0.326 e. The molecule has 126 valence electrons. The molecule has 0 aromatic heterocycles. The number of carbonyl (C=O) groups excluding carboxylic acids is 2. The van der Waals surface area contributed by atoms with Crippen molar-refractivity contribution in [1.82, 2.24) is 0 Å². The summed E-state index contributed by atoms with van der Waals surface area (Å²) in [5.41, 5.74) is 3.11. The van der Waals surface area contributed by atoms with Crippen molar-refractivity contribution < 1.29 is 9.59 Å². The van der Waals surface area contributed by atoms with E-state index in [1.165, 1.54) is 0 Å². The Balaban J connectivity index is 1.90. The zero-order valence-corrected chi connectivity index (χ0v) is 14.3. The van der Waals surface area contributed by atoms with Gasteiger partial charge in [-0.1, -0.05) is 37.5 Å². The SMILES string of the molecule is CCCCCC(=O)Nc1ccc(NC(=O)c2cccc(C)c2)cc1. The molecule has 0 spiro atoms. The van der Waals surface area contributed by atoms with Crippen LogP contribution in [0.2, 0.25) is 0 Å². The van der Waals surface area contributed by atoms with Gasteiger partial charge in [0.15, 0.2) is 0 Å². The van der Waals surface area contributed by atoms with E-state index < -0.39 is 0 Å². The summed E-state index contributed by atoms with van der Waals surface area (Å²) in [6.07, 6.45) is 3.62. The van der Waals surface area contributed by atoms with Gasteiger partial charge in [0.05, 0.1) is 0 Å². The average Bonchev–Trinajstić information content (AvgIpc) is 2.57. The summed E-state index contributed by atoms with van der Waals surface area (Å²) < 4.78 is 0. The van der Waals surface area contributed by atoms with Crippen LogP contribution in [0.5, 0.6) is 0 Å². The van der Waals surface area contributed by atoms with Gasteiger partial charge in [-0.05, 0) is 49.7 Å². The van der Waals surface area contributed by atoms with Crippen LogP contribution in [0.4, 0.5) is 11.4 Å². The smallest absolute Gasteiger partial charge is 0.255 e. The number of carbonyl (C=O) groups is 2. The summed E-state index contributed by atoms with van der Waals surface area (Å²) in [5, 5.41) is 5.73. The van der Waals surface area contributed by atoms with Gasteiger partial charge in [0.1, 0.15) is 0 Å². The first-order valence-electron chi connectivity index (χ1n) is 8.36. The number of hydrogen-bond donors (Lipinski definition) is 2. The van der Waals surface area contributed by atoms with E-state index in [4.69, 9.17) is 0 Å². The maximum atomic E-state index is 12.2. The second kappa shape index (κ2) is 8.87. The third-order valence-electron chi connectivity index (χ3n) is 3.71. The molecule has 0 saturated carbocycles. The Morgan fingerprint density at radius 3 is 2.21 bits per heavy atom. The molecule has 2 amide bonds. The Kier molecular flexibility index (Phi) is 6.55. The van der Waals surface area contributed by atoms with E-state index in [2.05, 4.69) is 17.6 Å². The molecule has 0 aliphatic carbocycles. The fourth-order valence-electron chi connectivity index (χ4n) is 2.39. The number of benzene rings is 2. The molecule has 0 unspecified atom stereocenters. The van der Waals surface area contributed by atoms with Crippen molar-refractivity contribution >= 4 is 23.2 Å². The average molecular weight is 324 g/mol. The molecule has 2 N–H and O–H groups in total. The Hall–Kier alpha value is -2.62. The zero-order valence-electron chi connectivity index (χ0n) is 14.3. The van der Waals surface area contributed by atoms with E-state index in [9.17, 15) is 9.59 Å². The molecular formula is C20H24N2O2. The second-order valence-corrected chi connectivity index (χ2v) is 5.91. The third kappa shape index (κ3) is 5.54. The highest BCUT2D eigenvalue weighted by molar-refractivity contribution is 6.04. The Labute approximate surface area is 143 Å². The van der Waals surface area contributed by atoms with Crippen molar-refractivity contribution in [3.63, 3.8) is 0 Å². The molecule has 0 fully saturated rings. The molecule has 24 heavy (non-hydrogen) atoms. The van der Waals surface area contributed by atoms with E-state index in [1.807, 2.05) is 25.1 Å².